The number of aryl methyl sites for hydroxylation is 3. The van der Waals surface area contributed by atoms with E-state index in [0.29, 0.717) is 16.3 Å². The summed E-state index contributed by atoms with van der Waals surface area (Å²) in [4.78, 5) is 27.7. The number of imide groups is 1. The number of amides is 2. The number of carbonyl (C=O) groups excluding carboxylic acids is 2. The molecule has 0 saturated heterocycles. The number of hydrogen-bond acceptors (Lipinski definition) is 3. The van der Waals surface area contributed by atoms with Gasteiger partial charge in [0.25, 0.3) is 11.8 Å². The first-order valence-corrected chi connectivity index (χ1v) is 10.1. The summed E-state index contributed by atoms with van der Waals surface area (Å²) in [7, 11) is 0. The summed E-state index contributed by atoms with van der Waals surface area (Å²) >= 11 is 6.05. The van der Waals surface area contributed by atoms with Crippen LogP contribution in [-0.4, -0.2) is 11.8 Å². The van der Waals surface area contributed by atoms with Gasteiger partial charge in [0.05, 0.1) is 11.3 Å². The van der Waals surface area contributed by atoms with Crippen molar-refractivity contribution in [1.29, 1.82) is 0 Å². The van der Waals surface area contributed by atoms with Gasteiger partial charge in [-0.1, -0.05) is 41.9 Å². The van der Waals surface area contributed by atoms with Gasteiger partial charge in [0.2, 0.25) is 0 Å². The Bertz CT molecular complexity index is 1270. The second-order valence-electron chi connectivity index (χ2n) is 7.53. The summed E-state index contributed by atoms with van der Waals surface area (Å²) in [5.41, 5.74) is 4.30. The lowest BCUT2D eigenvalue weighted by atomic mass is 9.99. The number of nitrogens with zero attached hydrogens (tertiary/aromatic N) is 1. The predicted molar refractivity (Wildman–Crippen MR) is 122 cm³/mol. The van der Waals surface area contributed by atoms with Crippen LogP contribution in [0.3, 0.4) is 0 Å². The lowest BCUT2D eigenvalue weighted by Gasteiger charge is -2.16. The minimum absolute atomic E-state index is 0.0801. The van der Waals surface area contributed by atoms with Crippen LogP contribution in [0, 0.1) is 26.6 Å². The number of carbonyl (C=O) groups is 2. The molecule has 0 saturated carbocycles. The Labute approximate surface area is 185 Å². The SMILES string of the molecule is Cc1ccc(C2=C(Nc3ccc(Cl)cc3C)C(=O)N(c3ccccc3F)C2=O)cc1C. The summed E-state index contributed by atoms with van der Waals surface area (Å²) in [6.45, 7) is 5.75. The largest absolute Gasteiger partial charge is 0.350 e. The maximum atomic E-state index is 14.5. The molecule has 0 fully saturated rings. The van der Waals surface area contributed by atoms with E-state index in [9.17, 15) is 14.0 Å². The van der Waals surface area contributed by atoms with Crippen molar-refractivity contribution in [3.63, 3.8) is 0 Å². The predicted octanol–water partition coefficient (Wildman–Crippen LogP) is 5.80. The molecule has 0 bridgehead atoms. The van der Waals surface area contributed by atoms with Crippen molar-refractivity contribution in [2.24, 2.45) is 0 Å². The second-order valence-corrected chi connectivity index (χ2v) is 7.97. The molecule has 2 amide bonds. The molecule has 0 spiro atoms. The number of rotatable bonds is 4. The summed E-state index contributed by atoms with van der Waals surface area (Å²) in [5, 5.41) is 3.67. The van der Waals surface area contributed by atoms with Crippen LogP contribution in [0.5, 0.6) is 0 Å². The molecule has 0 aliphatic carbocycles. The Hall–Kier alpha value is -3.44. The van der Waals surface area contributed by atoms with Crippen molar-refractivity contribution >= 4 is 40.4 Å². The van der Waals surface area contributed by atoms with E-state index < -0.39 is 17.6 Å². The molecular weight excluding hydrogens is 415 g/mol. The number of benzene rings is 3. The van der Waals surface area contributed by atoms with Crippen molar-refractivity contribution in [3.8, 4) is 0 Å². The topological polar surface area (TPSA) is 49.4 Å². The highest BCUT2D eigenvalue weighted by Crippen LogP contribution is 2.36. The van der Waals surface area contributed by atoms with Crippen LogP contribution in [-0.2, 0) is 9.59 Å². The molecule has 0 radical (unpaired) electrons. The van der Waals surface area contributed by atoms with E-state index in [4.69, 9.17) is 11.6 Å². The number of para-hydroxylation sites is 1. The van der Waals surface area contributed by atoms with E-state index >= 15 is 0 Å². The Morgan fingerprint density at radius 1 is 0.839 bits per heavy atom. The molecule has 1 aliphatic heterocycles. The lowest BCUT2D eigenvalue weighted by Crippen LogP contribution is -2.33. The van der Waals surface area contributed by atoms with E-state index in [1.165, 1.54) is 18.2 Å². The molecule has 31 heavy (non-hydrogen) atoms. The molecule has 3 aromatic carbocycles. The van der Waals surface area contributed by atoms with Crippen LogP contribution in [0.4, 0.5) is 15.8 Å². The molecule has 4 nitrogen and oxygen atoms in total. The molecule has 1 aliphatic rings. The third-order valence-electron chi connectivity index (χ3n) is 5.42. The fraction of sp³-hybridized carbons (Fsp3) is 0.120. The van der Waals surface area contributed by atoms with Crippen molar-refractivity contribution in [2.45, 2.75) is 20.8 Å². The van der Waals surface area contributed by atoms with Gasteiger partial charge in [-0.2, -0.15) is 0 Å². The minimum Gasteiger partial charge on any atom is -0.350 e. The number of hydrogen-bond donors (Lipinski definition) is 1. The molecular formula is C25H20ClFN2O2. The van der Waals surface area contributed by atoms with Crippen LogP contribution in [0.2, 0.25) is 5.02 Å². The normalized spacial score (nSPS) is 13.9. The summed E-state index contributed by atoms with van der Waals surface area (Å²) in [6, 6.07) is 16.5. The highest BCUT2D eigenvalue weighted by molar-refractivity contribution is 6.46. The molecule has 0 unspecified atom stereocenters. The standard InChI is InChI=1S/C25H20ClFN2O2/c1-14-8-9-17(12-15(14)2)22-23(28-20-11-10-18(26)13-16(20)3)25(31)29(24(22)30)21-7-5-4-6-19(21)27/h4-13,28H,1-3H3. The smallest absolute Gasteiger partial charge is 0.282 e. The Kier molecular flexibility index (Phi) is 5.38. The molecule has 6 heteroatoms. The Morgan fingerprint density at radius 2 is 1.58 bits per heavy atom. The molecule has 0 atom stereocenters. The highest BCUT2D eigenvalue weighted by Gasteiger charge is 2.41. The monoisotopic (exact) mass is 434 g/mol. The summed E-state index contributed by atoms with van der Waals surface area (Å²) < 4.78 is 14.5. The van der Waals surface area contributed by atoms with Crippen LogP contribution in [0.15, 0.2) is 66.4 Å². The Balaban J connectivity index is 1.88. The van der Waals surface area contributed by atoms with Crippen molar-refractivity contribution in [3.05, 3.63) is 99.5 Å². The van der Waals surface area contributed by atoms with E-state index in [2.05, 4.69) is 5.32 Å². The fourth-order valence-electron chi connectivity index (χ4n) is 3.56. The molecule has 156 valence electrons. The second kappa shape index (κ2) is 8.00. The average molecular weight is 435 g/mol. The summed E-state index contributed by atoms with van der Waals surface area (Å²) in [6.07, 6.45) is 0. The van der Waals surface area contributed by atoms with Gasteiger partial charge in [-0.3, -0.25) is 9.59 Å². The third-order valence-corrected chi connectivity index (χ3v) is 5.66. The van der Waals surface area contributed by atoms with Gasteiger partial charge in [-0.25, -0.2) is 9.29 Å². The van der Waals surface area contributed by atoms with Crippen LogP contribution in [0.1, 0.15) is 22.3 Å². The van der Waals surface area contributed by atoms with Gasteiger partial charge in [0.1, 0.15) is 11.5 Å². The molecule has 4 rings (SSSR count). The van der Waals surface area contributed by atoms with Crippen LogP contribution < -0.4 is 10.2 Å². The number of anilines is 2. The number of nitrogens with one attached hydrogen (secondary N) is 1. The van der Waals surface area contributed by atoms with Gasteiger partial charge < -0.3 is 5.32 Å². The lowest BCUT2D eigenvalue weighted by molar-refractivity contribution is -0.120. The van der Waals surface area contributed by atoms with Crippen LogP contribution in [0.25, 0.3) is 5.57 Å². The first-order valence-electron chi connectivity index (χ1n) is 9.76. The zero-order valence-electron chi connectivity index (χ0n) is 17.3. The van der Waals surface area contributed by atoms with Gasteiger partial charge in [-0.05, 0) is 73.4 Å². The maximum Gasteiger partial charge on any atom is 0.282 e. The Morgan fingerprint density at radius 3 is 2.26 bits per heavy atom. The highest BCUT2D eigenvalue weighted by atomic mass is 35.5. The first-order chi connectivity index (χ1) is 14.8. The van der Waals surface area contributed by atoms with Gasteiger partial charge in [-0.15, -0.1) is 0 Å². The molecule has 1 heterocycles. The zero-order valence-corrected chi connectivity index (χ0v) is 18.0. The van der Waals surface area contributed by atoms with Gasteiger partial charge in [0, 0.05) is 10.7 Å². The maximum absolute atomic E-state index is 14.5. The van der Waals surface area contributed by atoms with E-state index in [1.807, 2.05) is 32.9 Å². The molecule has 0 aromatic heterocycles. The molecule has 1 N–H and O–H groups in total. The van der Waals surface area contributed by atoms with Crippen molar-refractivity contribution in [1.82, 2.24) is 0 Å². The average Bonchev–Trinajstić information content (AvgIpc) is 2.96. The first kappa shape index (κ1) is 20.8. The van der Waals surface area contributed by atoms with E-state index in [1.54, 1.807) is 30.3 Å². The fourth-order valence-corrected chi connectivity index (χ4v) is 3.79. The third kappa shape index (κ3) is 3.73. The van der Waals surface area contributed by atoms with Crippen LogP contribution >= 0.6 is 11.6 Å². The van der Waals surface area contributed by atoms with Gasteiger partial charge in [0.15, 0.2) is 0 Å². The molecule has 3 aromatic rings. The van der Waals surface area contributed by atoms with Crippen molar-refractivity contribution in [2.75, 3.05) is 10.2 Å². The summed E-state index contributed by atoms with van der Waals surface area (Å²) in [5.74, 6) is -1.84. The van der Waals surface area contributed by atoms with Crippen molar-refractivity contribution < 1.29 is 14.0 Å². The zero-order chi connectivity index (χ0) is 22.3. The quantitative estimate of drug-likeness (QED) is 0.528. The van der Waals surface area contributed by atoms with E-state index in [0.717, 1.165) is 21.6 Å². The van der Waals surface area contributed by atoms with E-state index in [-0.39, 0.29) is 17.0 Å². The van der Waals surface area contributed by atoms with Gasteiger partial charge >= 0.3 is 0 Å². The minimum atomic E-state index is -0.646. The number of halogens is 2.